The molecular formula is C11H14FN. The van der Waals surface area contributed by atoms with Crippen molar-refractivity contribution in [1.82, 2.24) is 5.32 Å². The minimum Gasteiger partial charge on any atom is -0.310 e. The largest absolute Gasteiger partial charge is 0.310 e. The Kier molecular flexibility index (Phi) is 1.88. The van der Waals surface area contributed by atoms with E-state index < -0.39 is 0 Å². The number of benzene rings is 1. The van der Waals surface area contributed by atoms with Crippen LogP contribution >= 0.6 is 0 Å². The first-order chi connectivity index (χ1) is 6.18. The Labute approximate surface area is 78.0 Å². The molecule has 1 nitrogen and oxygen atoms in total. The summed E-state index contributed by atoms with van der Waals surface area (Å²) in [5, 5.41) is 3.31. The van der Waals surface area contributed by atoms with Crippen molar-refractivity contribution in [2.24, 2.45) is 0 Å². The summed E-state index contributed by atoms with van der Waals surface area (Å²) < 4.78 is 12.8. The molecule has 1 N–H and O–H groups in total. The van der Waals surface area contributed by atoms with E-state index in [0.29, 0.717) is 0 Å². The summed E-state index contributed by atoms with van der Waals surface area (Å²) in [7, 11) is 1.97. The van der Waals surface area contributed by atoms with Crippen molar-refractivity contribution in [3.8, 4) is 0 Å². The maximum atomic E-state index is 12.8. The molecule has 0 bridgehead atoms. The monoisotopic (exact) mass is 179 g/mol. The van der Waals surface area contributed by atoms with E-state index in [2.05, 4.69) is 5.32 Å². The molecule has 13 heavy (non-hydrogen) atoms. The van der Waals surface area contributed by atoms with Crippen molar-refractivity contribution in [2.45, 2.75) is 25.3 Å². The van der Waals surface area contributed by atoms with Crippen LogP contribution in [0.5, 0.6) is 0 Å². The lowest BCUT2D eigenvalue weighted by Gasteiger charge is -2.17. The molecule has 0 radical (unpaired) electrons. The van der Waals surface area contributed by atoms with Crippen molar-refractivity contribution in [2.75, 3.05) is 7.05 Å². The zero-order valence-electron chi connectivity index (χ0n) is 8.02. The molecule has 1 aliphatic rings. The highest BCUT2D eigenvalue weighted by atomic mass is 19.1. The molecule has 0 spiro atoms. The Balaban J connectivity index is 2.41. The van der Waals surface area contributed by atoms with E-state index in [4.69, 9.17) is 0 Å². The summed E-state index contributed by atoms with van der Waals surface area (Å²) in [5.41, 5.74) is 2.45. The quantitative estimate of drug-likeness (QED) is 0.734. The van der Waals surface area contributed by atoms with Crippen molar-refractivity contribution in [3.63, 3.8) is 0 Å². The van der Waals surface area contributed by atoms with E-state index in [-0.39, 0.29) is 11.4 Å². The van der Waals surface area contributed by atoms with E-state index >= 15 is 0 Å². The Morgan fingerprint density at radius 1 is 1.38 bits per heavy atom. The predicted molar refractivity (Wildman–Crippen MR) is 51.1 cm³/mol. The predicted octanol–water partition coefficient (Wildman–Crippen LogP) is 2.34. The first kappa shape index (κ1) is 8.70. The fourth-order valence-electron chi connectivity index (χ4n) is 1.94. The van der Waals surface area contributed by atoms with Crippen LogP contribution in [0.3, 0.4) is 0 Å². The van der Waals surface area contributed by atoms with E-state index in [0.717, 1.165) is 18.4 Å². The van der Waals surface area contributed by atoms with Gasteiger partial charge in [0.25, 0.3) is 0 Å². The fraction of sp³-hybridized carbons (Fsp3) is 0.455. The molecule has 0 unspecified atom stereocenters. The van der Waals surface area contributed by atoms with Crippen LogP contribution in [0.2, 0.25) is 0 Å². The maximum absolute atomic E-state index is 12.8. The van der Waals surface area contributed by atoms with E-state index in [1.807, 2.05) is 20.0 Å². The van der Waals surface area contributed by atoms with Gasteiger partial charge in [-0.1, -0.05) is 6.07 Å². The van der Waals surface area contributed by atoms with Crippen molar-refractivity contribution in [1.29, 1.82) is 0 Å². The zero-order chi connectivity index (χ0) is 9.47. The number of hydrogen-bond acceptors (Lipinski definition) is 1. The molecule has 0 aliphatic heterocycles. The summed E-state index contributed by atoms with van der Waals surface area (Å²) in [6, 6.07) is 5.04. The summed E-state index contributed by atoms with van der Waals surface area (Å²) >= 11 is 0. The molecule has 1 saturated carbocycles. The number of aryl methyl sites for hydroxylation is 1. The van der Waals surface area contributed by atoms with Crippen LogP contribution in [-0.2, 0) is 5.54 Å². The molecule has 1 aromatic rings. The molecule has 1 aliphatic carbocycles. The van der Waals surface area contributed by atoms with E-state index in [1.165, 1.54) is 5.56 Å². The molecule has 0 atom stereocenters. The van der Waals surface area contributed by atoms with Crippen LogP contribution in [0, 0.1) is 12.7 Å². The lowest BCUT2D eigenvalue weighted by Crippen LogP contribution is -2.25. The SMILES string of the molecule is CNC1(c2ccc(F)cc2C)CC1. The van der Waals surface area contributed by atoms with Crippen LogP contribution in [0.1, 0.15) is 24.0 Å². The third-order valence-electron chi connectivity index (χ3n) is 2.93. The van der Waals surface area contributed by atoms with Gasteiger partial charge in [-0.2, -0.15) is 0 Å². The Hall–Kier alpha value is -0.890. The lowest BCUT2D eigenvalue weighted by molar-refractivity contribution is 0.575. The van der Waals surface area contributed by atoms with Gasteiger partial charge in [0.2, 0.25) is 0 Å². The Bertz CT molecular complexity index is 329. The smallest absolute Gasteiger partial charge is 0.123 e. The number of rotatable bonds is 2. The molecule has 0 saturated heterocycles. The van der Waals surface area contributed by atoms with Gasteiger partial charge in [0.15, 0.2) is 0 Å². The maximum Gasteiger partial charge on any atom is 0.123 e. The highest BCUT2D eigenvalue weighted by molar-refractivity contribution is 5.37. The first-order valence-electron chi connectivity index (χ1n) is 4.63. The second-order valence-corrected chi connectivity index (χ2v) is 3.79. The van der Waals surface area contributed by atoms with Gasteiger partial charge in [-0.3, -0.25) is 0 Å². The molecule has 0 aromatic heterocycles. The summed E-state index contributed by atoms with van der Waals surface area (Å²) in [6.45, 7) is 1.97. The standard InChI is InChI=1S/C11H14FN/c1-8-7-9(12)3-4-10(8)11(13-2)5-6-11/h3-4,7,13H,5-6H2,1-2H3. The molecule has 2 heteroatoms. The van der Waals surface area contributed by atoms with Crippen LogP contribution in [-0.4, -0.2) is 7.05 Å². The average molecular weight is 179 g/mol. The van der Waals surface area contributed by atoms with Crippen LogP contribution in [0.4, 0.5) is 4.39 Å². The van der Waals surface area contributed by atoms with Crippen LogP contribution in [0.15, 0.2) is 18.2 Å². The summed E-state index contributed by atoms with van der Waals surface area (Å²) in [4.78, 5) is 0. The second kappa shape index (κ2) is 2.81. The minimum atomic E-state index is -0.145. The fourth-order valence-corrected chi connectivity index (χ4v) is 1.94. The number of hydrogen-bond donors (Lipinski definition) is 1. The molecule has 0 amide bonds. The molecule has 70 valence electrons. The second-order valence-electron chi connectivity index (χ2n) is 3.79. The van der Waals surface area contributed by atoms with Gasteiger partial charge in [0.1, 0.15) is 5.82 Å². The van der Waals surface area contributed by atoms with Gasteiger partial charge >= 0.3 is 0 Å². The number of halogens is 1. The highest BCUT2D eigenvalue weighted by Crippen LogP contribution is 2.46. The molecule has 1 aromatic carbocycles. The molecule has 2 rings (SSSR count). The third-order valence-corrected chi connectivity index (χ3v) is 2.93. The van der Waals surface area contributed by atoms with Crippen LogP contribution < -0.4 is 5.32 Å². The zero-order valence-corrected chi connectivity index (χ0v) is 8.02. The van der Waals surface area contributed by atoms with Crippen LogP contribution in [0.25, 0.3) is 0 Å². The van der Waals surface area contributed by atoms with Gasteiger partial charge in [0, 0.05) is 5.54 Å². The van der Waals surface area contributed by atoms with Gasteiger partial charge in [-0.15, -0.1) is 0 Å². The first-order valence-corrected chi connectivity index (χ1v) is 4.63. The molecule has 0 heterocycles. The normalized spacial score (nSPS) is 18.7. The Morgan fingerprint density at radius 3 is 2.54 bits per heavy atom. The van der Waals surface area contributed by atoms with Gasteiger partial charge in [0.05, 0.1) is 0 Å². The molecule has 1 fully saturated rings. The van der Waals surface area contributed by atoms with Gasteiger partial charge < -0.3 is 5.32 Å². The van der Waals surface area contributed by atoms with E-state index in [9.17, 15) is 4.39 Å². The minimum absolute atomic E-state index is 0.145. The van der Waals surface area contributed by atoms with Crippen molar-refractivity contribution >= 4 is 0 Å². The van der Waals surface area contributed by atoms with E-state index in [1.54, 1.807) is 12.1 Å². The van der Waals surface area contributed by atoms with Gasteiger partial charge in [-0.25, -0.2) is 4.39 Å². The topological polar surface area (TPSA) is 12.0 Å². The lowest BCUT2D eigenvalue weighted by atomic mass is 9.99. The number of nitrogens with one attached hydrogen (secondary N) is 1. The van der Waals surface area contributed by atoms with Crippen molar-refractivity contribution in [3.05, 3.63) is 35.1 Å². The summed E-state index contributed by atoms with van der Waals surface area (Å²) in [5.74, 6) is -0.145. The highest BCUT2D eigenvalue weighted by Gasteiger charge is 2.43. The molecular weight excluding hydrogens is 165 g/mol. The van der Waals surface area contributed by atoms with Crippen molar-refractivity contribution < 1.29 is 4.39 Å². The Morgan fingerprint density at radius 2 is 2.08 bits per heavy atom. The summed E-state index contributed by atoms with van der Waals surface area (Å²) in [6.07, 6.45) is 2.33. The van der Waals surface area contributed by atoms with Gasteiger partial charge in [-0.05, 0) is 50.1 Å². The third kappa shape index (κ3) is 1.35. The average Bonchev–Trinajstić information content (AvgIpc) is 2.85.